The molecule has 1 amide bonds. The maximum Gasteiger partial charge on any atom is 0.255 e. The van der Waals surface area contributed by atoms with Crippen LogP contribution in [0.15, 0.2) is 18.2 Å². The lowest BCUT2D eigenvalue weighted by Gasteiger charge is -2.36. The molecular weight excluding hydrogens is 288 g/mol. The highest BCUT2D eigenvalue weighted by Crippen LogP contribution is 2.28. The zero-order chi connectivity index (χ0) is 14.8. The predicted octanol–water partition coefficient (Wildman–Crippen LogP) is 2.65. The fourth-order valence-electron chi connectivity index (χ4n) is 3.48. The van der Waals surface area contributed by atoms with Crippen LogP contribution < -0.4 is 5.32 Å². The number of aromatic hydroxyl groups is 1. The van der Waals surface area contributed by atoms with Crippen molar-refractivity contribution in [2.24, 2.45) is 5.92 Å². The Kier molecular flexibility index (Phi) is 4.36. The van der Waals surface area contributed by atoms with Crippen molar-refractivity contribution in [1.29, 1.82) is 0 Å². The molecule has 2 heterocycles. The molecule has 0 aromatic heterocycles. The molecule has 0 bridgehead atoms. The number of rotatable bonds is 2. The Labute approximate surface area is 130 Å². The predicted molar refractivity (Wildman–Crippen MR) is 82.8 cm³/mol. The molecule has 3 rings (SSSR count). The number of phenolic OH excluding ortho intramolecular Hbond substituents is 1. The Morgan fingerprint density at radius 1 is 1.33 bits per heavy atom. The minimum absolute atomic E-state index is 0.0707. The van der Waals surface area contributed by atoms with Gasteiger partial charge in [-0.25, -0.2) is 0 Å². The van der Waals surface area contributed by atoms with Gasteiger partial charge in [-0.2, -0.15) is 0 Å². The van der Waals surface area contributed by atoms with E-state index in [-0.39, 0.29) is 11.7 Å². The molecule has 2 fully saturated rings. The first kappa shape index (κ1) is 14.7. The minimum atomic E-state index is -0.0707. The molecule has 2 aliphatic rings. The number of amides is 1. The van der Waals surface area contributed by atoms with Crippen molar-refractivity contribution in [1.82, 2.24) is 10.2 Å². The first-order chi connectivity index (χ1) is 10.1. The molecule has 0 spiro atoms. The highest BCUT2D eigenvalue weighted by atomic mass is 35.5. The van der Waals surface area contributed by atoms with E-state index in [1.165, 1.54) is 31.4 Å². The van der Waals surface area contributed by atoms with Crippen LogP contribution in [0.5, 0.6) is 5.75 Å². The lowest BCUT2D eigenvalue weighted by molar-refractivity contribution is 0.0651. The lowest BCUT2D eigenvalue weighted by Crippen LogP contribution is -2.45. The van der Waals surface area contributed by atoms with E-state index in [1.807, 2.05) is 4.90 Å². The van der Waals surface area contributed by atoms with Crippen LogP contribution in [-0.2, 0) is 0 Å². The van der Waals surface area contributed by atoms with Gasteiger partial charge in [0, 0.05) is 19.1 Å². The zero-order valence-corrected chi connectivity index (χ0v) is 12.8. The third kappa shape index (κ3) is 3.16. The van der Waals surface area contributed by atoms with Gasteiger partial charge in [0.2, 0.25) is 0 Å². The Morgan fingerprint density at radius 3 is 2.95 bits per heavy atom. The first-order valence-corrected chi connectivity index (χ1v) is 8.04. The molecule has 1 aromatic rings. The lowest BCUT2D eigenvalue weighted by atomic mass is 9.89. The summed E-state index contributed by atoms with van der Waals surface area (Å²) in [4.78, 5) is 14.5. The van der Waals surface area contributed by atoms with E-state index in [2.05, 4.69) is 5.32 Å². The van der Waals surface area contributed by atoms with E-state index in [0.29, 0.717) is 22.5 Å². The molecule has 21 heavy (non-hydrogen) atoms. The molecule has 2 N–H and O–H groups in total. The number of piperidine rings is 1. The Balaban J connectivity index is 1.73. The number of carbonyl (C=O) groups is 1. The number of hydrogen-bond donors (Lipinski definition) is 2. The molecule has 4 nitrogen and oxygen atoms in total. The zero-order valence-electron chi connectivity index (χ0n) is 12.0. The average molecular weight is 309 g/mol. The number of benzene rings is 1. The van der Waals surface area contributed by atoms with Crippen molar-refractivity contribution in [2.75, 3.05) is 19.6 Å². The monoisotopic (exact) mass is 308 g/mol. The standard InChI is InChI=1S/C16H21ClN2O2/c17-14-6-5-12(20)9-13(14)16(21)19-8-2-3-11(10-19)15-4-1-7-18-15/h5-6,9,11,15,18,20H,1-4,7-8,10H2. The van der Waals surface area contributed by atoms with Gasteiger partial charge in [0.25, 0.3) is 5.91 Å². The van der Waals surface area contributed by atoms with E-state index < -0.39 is 0 Å². The summed E-state index contributed by atoms with van der Waals surface area (Å²) >= 11 is 6.10. The van der Waals surface area contributed by atoms with Gasteiger partial charge in [0.1, 0.15) is 5.75 Å². The van der Waals surface area contributed by atoms with E-state index in [9.17, 15) is 9.90 Å². The van der Waals surface area contributed by atoms with Crippen LogP contribution in [0.4, 0.5) is 0 Å². The van der Waals surface area contributed by atoms with Crippen LogP contribution in [0.3, 0.4) is 0 Å². The van der Waals surface area contributed by atoms with Gasteiger partial charge < -0.3 is 15.3 Å². The molecular formula is C16H21ClN2O2. The summed E-state index contributed by atoms with van der Waals surface area (Å²) in [6.45, 7) is 2.64. The molecule has 0 radical (unpaired) electrons. The van der Waals surface area contributed by atoms with Gasteiger partial charge >= 0.3 is 0 Å². The third-order valence-corrected chi connectivity index (χ3v) is 4.92. The van der Waals surface area contributed by atoms with Crippen molar-refractivity contribution in [3.05, 3.63) is 28.8 Å². The molecule has 0 saturated carbocycles. The highest BCUT2D eigenvalue weighted by molar-refractivity contribution is 6.33. The van der Waals surface area contributed by atoms with Crippen molar-refractivity contribution in [3.63, 3.8) is 0 Å². The number of phenols is 1. The number of nitrogens with one attached hydrogen (secondary N) is 1. The summed E-state index contributed by atoms with van der Waals surface area (Å²) < 4.78 is 0. The average Bonchev–Trinajstić information content (AvgIpc) is 3.03. The summed E-state index contributed by atoms with van der Waals surface area (Å²) in [6, 6.07) is 5.08. The smallest absolute Gasteiger partial charge is 0.255 e. The maximum absolute atomic E-state index is 12.6. The van der Waals surface area contributed by atoms with Crippen LogP contribution in [0.2, 0.25) is 5.02 Å². The van der Waals surface area contributed by atoms with Crippen LogP contribution >= 0.6 is 11.6 Å². The number of nitrogens with zero attached hydrogens (tertiary/aromatic N) is 1. The van der Waals surface area contributed by atoms with Crippen LogP contribution in [-0.4, -0.2) is 41.6 Å². The summed E-state index contributed by atoms with van der Waals surface area (Å²) in [6.07, 6.45) is 4.65. The van der Waals surface area contributed by atoms with Gasteiger partial charge in [-0.3, -0.25) is 4.79 Å². The molecule has 2 unspecified atom stereocenters. The van der Waals surface area contributed by atoms with Crippen LogP contribution in [0.25, 0.3) is 0 Å². The first-order valence-electron chi connectivity index (χ1n) is 7.66. The Bertz CT molecular complexity index is 529. The minimum Gasteiger partial charge on any atom is -0.508 e. The molecule has 2 saturated heterocycles. The molecule has 1 aromatic carbocycles. The Hall–Kier alpha value is -1.26. The van der Waals surface area contributed by atoms with E-state index in [0.717, 1.165) is 26.1 Å². The number of carbonyl (C=O) groups excluding carboxylic acids is 1. The number of likely N-dealkylation sites (tertiary alicyclic amines) is 1. The van der Waals surface area contributed by atoms with E-state index >= 15 is 0 Å². The second-order valence-electron chi connectivity index (χ2n) is 6.02. The van der Waals surface area contributed by atoms with E-state index in [1.54, 1.807) is 6.07 Å². The van der Waals surface area contributed by atoms with Gasteiger partial charge in [0.15, 0.2) is 0 Å². The Morgan fingerprint density at radius 2 is 2.19 bits per heavy atom. The molecule has 5 heteroatoms. The molecule has 0 aliphatic carbocycles. The quantitative estimate of drug-likeness (QED) is 0.883. The van der Waals surface area contributed by atoms with Crippen molar-refractivity contribution in [3.8, 4) is 5.75 Å². The van der Waals surface area contributed by atoms with Gasteiger partial charge in [-0.05, 0) is 56.3 Å². The number of halogens is 1. The van der Waals surface area contributed by atoms with Gasteiger partial charge in [-0.1, -0.05) is 11.6 Å². The fourth-order valence-corrected chi connectivity index (χ4v) is 3.68. The number of hydrogen-bond acceptors (Lipinski definition) is 3. The molecule has 114 valence electrons. The second-order valence-corrected chi connectivity index (χ2v) is 6.43. The van der Waals surface area contributed by atoms with E-state index in [4.69, 9.17) is 11.6 Å². The van der Waals surface area contributed by atoms with Crippen molar-refractivity contribution >= 4 is 17.5 Å². The molecule has 2 aliphatic heterocycles. The SMILES string of the molecule is O=C(c1cc(O)ccc1Cl)N1CCCC(C2CCCN2)C1. The summed E-state index contributed by atoms with van der Waals surface area (Å²) in [5.74, 6) is 0.536. The van der Waals surface area contributed by atoms with Gasteiger partial charge in [-0.15, -0.1) is 0 Å². The summed E-state index contributed by atoms with van der Waals surface area (Å²) in [5, 5.41) is 13.5. The fraction of sp³-hybridized carbons (Fsp3) is 0.562. The maximum atomic E-state index is 12.6. The van der Waals surface area contributed by atoms with Crippen molar-refractivity contribution < 1.29 is 9.90 Å². The molecule has 2 atom stereocenters. The largest absolute Gasteiger partial charge is 0.508 e. The van der Waals surface area contributed by atoms with Gasteiger partial charge in [0.05, 0.1) is 10.6 Å². The highest BCUT2D eigenvalue weighted by Gasteiger charge is 2.31. The summed E-state index contributed by atoms with van der Waals surface area (Å²) in [5.41, 5.74) is 0.400. The van der Waals surface area contributed by atoms with Crippen LogP contribution in [0.1, 0.15) is 36.0 Å². The summed E-state index contributed by atoms with van der Waals surface area (Å²) in [7, 11) is 0. The topological polar surface area (TPSA) is 52.6 Å². The van der Waals surface area contributed by atoms with Crippen LogP contribution in [0, 0.1) is 5.92 Å². The van der Waals surface area contributed by atoms with Crippen molar-refractivity contribution in [2.45, 2.75) is 31.7 Å². The normalized spacial score (nSPS) is 26.0. The third-order valence-electron chi connectivity index (χ3n) is 4.59. The second kappa shape index (κ2) is 6.24.